The molecule has 2 aliphatic rings. The van der Waals surface area contributed by atoms with Crippen LogP contribution in [0.4, 0.5) is 5.82 Å². The summed E-state index contributed by atoms with van der Waals surface area (Å²) in [7, 11) is 1.57. The Labute approximate surface area is 179 Å². The van der Waals surface area contributed by atoms with Crippen LogP contribution in [0.25, 0.3) is 11.0 Å². The third-order valence-electron chi connectivity index (χ3n) is 6.00. The van der Waals surface area contributed by atoms with E-state index in [9.17, 15) is 9.59 Å². The second-order valence-electron chi connectivity index (χ2n) is 8.21. The molecule has 3 aromatic heterocycles. The average molecular weight is 419 g/mol. The van der Waals surface area contributed by atoms with E-state index >= 15 is 0 Å². The Hall–Kier alpha value is -3.33. The Balaban J connectivity index is 1.22. The van der Waals surface area contributed by atoms with Crippen LogP contribution in [0, 0.1) is 0 Å². The topological polar surface area (TPSA) is 107 Å². The van der Waals surface area contributed by atoms with Gasteiger partial charge in [0.05, 0.1) is 23.4 Å². The van der Waals surface area contributed by atoms with Gasteiger partial charge in [0.15, 0.2) is 0 Å². The molecular weight excluding hydrogens is 394 g/mol. The first kappa shape index (κ1) is 19.6. The lowest BCUT2D eigenvalue weighted by molar-refractivity contribution is 0.0958. The van der Waals surface area contributed by atoms with E-state index in [1.54, 1.807) is 13.2 Å². The molecule has 4 heterocycles. The van der Waals surface area contributed by atoms with Gasteiger partial charge in [0.1, 0.15) is 11.5 Å². The predicted octanol–water partition coefficient (Wildman–Crippen LogP) is 1.27. The summed E-state index contributed by atoms with van der Waals surface area (Å²) in [4.78, 5) is 44.7. The van der Waals surface area contributed by atoms with Crippen molar-refractivity contribution >= 4 is 22.8 Å². The molecule has 1 saturated carbocycles. The molecule has 1 aliphatic carbocycles. The Morgan fingerprint density at radius 1 is 1.10 bits per heavy atom. The molecule has 2 N–H and O–H groups in total. The number of aromatic amines is 1. The summed E-state index contributed by atoms with van der Waals surface area (Å²) in [6, 6.07) is 3.99. The lowest BCUT2D eigenvalue weighted by Crippen LogP contribution is -2.46. The zero-order chi connectivity index (χ0) is 21.4. The second-order valence-corrected chi connectivity index (χ2v) is 8.21. The Bertz CT molecular complexity index is 1160. The number of nitrogens with one attached hydrogen (secondary N) is 2. The molecule has 2 fully saturated rings. The molecule has 1 amide bonds. The zero-order valence-electron chi connectivity index (χ0n) is 17.5. The van der Waals surface area contributed by atoms with Crippen molar-refractivity contribution < 1.29 is 4.79 Å². The van der Waals surface area contributed by atoms with Crippen molar-refractivity contribution in [3.63, 3.8) is 0 Å². The van der Waals surface area contributed by atoms with Crippen molar-refractivity contribution in [1.29, 1.82) is 0 Å². The van der Waals surface area contributed by atoms with Crippen molar-refractivity contribution in [1.82, 2.24) is 30.2 Å². The molecule has 5 rings (SSSR count). The largest absolute Gasteiger partial charge is 0.354 e. The van der Waals surface area contributed by atoms with Gasteiger partial charge in [0.25, 0.3) is 11.5 Å². The lowest BCUT2D eigenvalue weighted by Gasteiger charge is -2.35. The van der Waals surface area contributed by atoms with Gasteiger partial charge < -0.3 is 15.2 Å². The van der Waals surface area contributed by atoms with Crippen LogP contribution in [0.1, 0.15) is 40.4 Å². The highest BCUT2D eigenvalue weighted by Gasteiger charge is 2.26. The summed E-state index contributed by atoms with van der Waals surface area (Å²) in [6.07, 6.45) is 7.27. The molecule has 0 unspecified atom stereocenters. The van der Waals surface area contributed by atoms with Crippen LogP contribution >= 0.6 is 0 Å². The fourth-order valence-corrected chi connectivity index (χ4v) is 4.05. The average Bonchev–Trinajstić information content (AvgIpc) is 3.64. The minimum absolute atomic E-state index is 0.0195. The van der Waals surface area contributed by atoms with Gasteiger partial charge in [-0.2, -0.15) is 0 Å². The van der Waals surface area contributed by atoms with Gasteiger partial charge >= 0.3 is 0 Å². The third kappa shape index (κ3) is 4.13. The quantitative estimate of drug-likeness (QED) is 0.641. The van der Waals surface area contributed by atoms with Crippen molar-refractivity contribution in [3.05, 3.63) is 57.9 Å². The van der Waals surface area contributed by atoms with E-state index in [1.807, 2.05) is 18.3 Å². The van der Waals surface area contributed by atoms with Gasteiger partial charge in [-0.15, -0.1) is 0 Å². The van der Waals surface area contributed by atoms with Crippen molar-refractivity contribution in [3.8, 4) is 0 Å². The first-order valence-corrected chi connectivity index (χ1v) is 10.6. The first-order valence-electron chi connectivity index (χ1n) is 10.6. The fourth-order valence-electron chi connectivity index (χ4n) is 4.05. The van der Waals surface area contributed by atoms with Gasteiger partial charge in [-0.25, -0.2) is 9.97 Å². The third-order valence-corrected chi connectivity index (χ3v) is 6.00. The number of nitrogens with zero attached hydrogens (tertiary/aromatic N) is 5. The lowest BCUT2D eigenvalue weighted by atomic mass is 10.1. The molecule has 31 heavy (non-hydrogen) atoms. The molecule has 0 spiro atoms. The summed E-state index contributed by atoms with van der Waals surface area (Å²) >= 11 is 0. The molecule has 3 aromatic rings. The number of amides is 1. The Morgan fingerprint density at radius 3 is 2.58 bits per heavy atom. The summed E-state index contributed by atoms with van der Waals surface area (Å²) < 4.78 is 0. The first-order chi connectivity index (χ1) is 15.1. The number of piperazine rings is 1. The monoisotopic (exact) mass is 419 g/mol. The minimum Gasteiger partial charge on any atom is -0.354 e. The second kappa shape index (κ2) is 8.07. The highest BCUT2D eigenvalue weighted by atomic mass is 16.1. The smallest absolute Gasteiger partial charge is 0.271 e. The fraction of sp³-hybridized carbons (Fsp3) is 0.409. The number of fused-ring (bicyclic) bond motifs is 1. The molecule has 0 radical (unpaired) electrons. The van der Waals surface area contributed by atoms with E-state index < -0.39 is 0 Å². The molecule has 0 aromatic carbocycles. The van der Waals surface area contributed by atoms with Crippen LogP contribution in [-0.4, -0.2) is 64.0 Å². The number of hydrogen-bond acceptors (Lipinski definition) is 7. The number of pyridine rings is 2. The highest BCUT2D eigenvalue weighted by Crippen LogP contribution is 2.38. The highest BCUT2D eigenvalue weighted by molar-refractivity contribution is 5.91. The van der Waals surface area contributed by atoms with E-state index in [-0.39, 0.29) is 11.5 Å². The number of anilines is 1. The summed E-state index contributed by atoms with van der Waals surface area (Å²) in [5.41, 5.74) is 3.95. The number of carbonyl (C=O) groups is 1. The molecule has 1 saturated heterocycles. The van der Waals surface area contributed by atoms with E-state index in [4.69, 9.17) is 0 Å². The molecular formula is C22H25N7O2. The van der Waals surface area contributed by atoms with Gasteiger partial charge in [-0.1, -0.05) is 0 Å². The van der Waals surface area contributed by atoms with E-state index in [0.717, 1.165) is 73.5 Å². The van der Waals surface area contributed by atoms with Crippen LogP contribution < -0.4 is 15.8 Å². The molecule has 160 valence electrons. The van der Waals surface area contributed by atoms with Crippen LogP contribution in [-0.2, 0) is 6.54 Å². The predicted molar refractivity (Wildman–Crippen MR) is 117 cm³/mol. The van der Waals surface area contributed by atoms with Crippen molar-refractivity contribution in [2.75, 3.05) is 38.1 Å². The summed E-state index contributed by atoms with van der Waals surface area (Å²) in [5, 5.41) is 2.55. The normalized spacial score (nSPS) is 17.1. The summed E-state index contributed by atoms with van der Waals surface area (Å²) in [5.74, 6) is 0.956. The Kier molecular flexibility index (Phi) is 5.11. The van der Waals surface area contributed by atoms with Gasteiger partial charge in [0, 0.05) is 51.5 Å². The van der Waals surface area contributed by atoms with Crippen LogP contribution in [0.15, 0.2) is 35.5 Å². The number of H-pyrrole nitrogens is 1. The SMILES string of the molecule is CNC(=O)c1cnc(N2CCN(Cc3cnc4cc(C5CC5)c(=O)[nH]c4c3)CC2)cn1. The van der Waals surface area contributed by atoms with E-state index in [2.05, 4.69) is 35.1 Å². The standard InChI is InChI=1S/C22H25N7O2/c1-23-22(31)19-11-26-20(12-25-19)29-6-4-28(5-7-29)13-14-8-18-17(24-10-14)9-16(15-2-3-15)21(30)27-18/h8-12,15H,2-7,13H2,1H3,(H,23,31)(H,27,30). The van der Waals surface area contributed by atoms with E-state index in [0.29, 0.717) is 11.6 Å². The maximum atomic E-state index is 12.3. The number of aromatic nitrogens is 4. The van der Waals surface area contributed by atoms with Crippen LogP contribution in [0.5, 0.6) is 0 Å². The summed E-state index contributed by atoms with van der Waals surface area (Å²) in [6.45, 7) is 4.21. The molecule has 0 atom stereocenters. The van der Waals surface area contributed by atoms with Crippen LogP contribution in [0.3, 0.4) is 0 Å². The number of carbonyl (C=O) groups excluding carboxylic acids is 1. The zero-order valence-corrected chi connectivity index (χ0v) is 17.5. The maximum Gasteiger partial charge on any atom is 0.271 e. The van der Waals surface area contributed by atoms with Crippen LogP contribution in [0.2, 0.25) is 0 Å². The number of rotatable bonds is 5. The molecule has 1 aliphatic heterocycles. The molecule has 0 bridgehead atoms. The molecule has 9 heteroatoms. The van der Waals surface area contributed by atoms with Gasteiger partial charge in [-0.3, -0.25) is 19.5 Å². The van der Waals surface area contributed by atoms with E-state index in [1.165, 1.54) is 6.20 Å². The number of hydrogen-bond donors (Lipinski definition) is 2. The Morgan fingerprint density at radius 2 is 1.90 bits per heavy atom. The molecule has 9 nitrogen and oxygen atoms in total. The van der Waals surface area contributed by atoms with Gasteiger partial charge in [0.2, 0.25) is 0 Å². The van der Waals surface area contributed by atoms with Gasteiger partial charge in [-0.05, 0) is 36.5 Å². The van der Waals surface area contributed by atoms with Crippen molar-refractivity contribution in [2.45, 2.75) is 25.3 Å². The minimum atomic E-state index is -0.238. The maximum absolute atomic E-state index is 12.3. The van der Waals surface area contributed by atoms with Crippen molar-refractivity contribution in [2.24, 2.45) is 0 Å².